The van der Waals surface area contributed by atoms with Gasteiger partial charge >= 0.3 is 8.72 Å². The molecule has 0 aromatic rings. The molecular weight excluding hydrogens is 266 g/mol. The van der Waals surface area contributed by atoms with E-state index < -0.39 is 8.72 Å². The number of rotatable bonds is 11. The molecular formula is C16H35NO2Si. The first kappa shape index (κ1) is 18.1. The lowest BCUT2D eigenvalue weighted by Crippen LogP contribution is -2.60. The Morgan fingerprint density at radius 3 is 2.00 bits per heavy atom. The summed E-state index contributed by atoms with van der Waals surface area (Å²) in [4.78, 5) is 3.87. The molecule has 3 nitrogen and oxygen atoms in total. The van der Waals surface area contributed by atoms with Gasteiger partial charge in [0.05, 0.1) is 0 Å². The van der Waals surface area contributed by atoms with E-state index in [4.69, 9.17) is 8.85 Å². The minimum absolute atomic E-state index is 0.626. The lowest BCUT2D eigenvalue weighted by molar-refractivity contribution is 0.148. The van der Waals surface area contributed by atoms with Crippen LogP contribution in [0.15, 0.2) is 0 Å². The summed E-state index contributed by atoms with van der Waals surface area (Å²) < 4.78 is 12.6. The normalized spacial score (nSPS) is 17.6. The third kappa shape index (κ3) is 6.70. The van der Waals surface area contributed by atoms with Gasteiger partial charge < -0.3 is 8.85 Å². The molecule has 0 amide bonds. The van der Waals surface area contributed by atoms with Gasteiger partial charge in [-0.3, -0.25) is 4.98 Å². The molecule has 1 fully saturated rings. The molecule has 1 rings (SSSR count). The van der Waals surface area contributed by atoms with Crippen LogP contribution < -0.4 is 4.98 Å². The van der Waals surface area contributed by atoms with Crippen LogP contribution in [0.2, 0.25) is 6.04 Å². The van der Waals surface area contributed by atoms with Gasteiger partial charge in [0.15, 0.2) is 0 Å². The van der Waals surface area contributed by atoms with Gasteiger partial charge in [0.25, 0.3) is 0 Å². The fourth-order valence-electron chi connectivity index (χ4n) is 2.84. The molecule has 0 saturated heterocycles. The van der Waals surface area contributed by atoms with Crippen molar-refractivity contribution in [2.75, 3.05) is 13.2 Å². The molecule has 0 radical (unpaired) electrons. The Bertz CT molecular complexity index is 211. The highest BCUT2D eigenvalue weighted by molar-refractivity contribution is 6.64. The lowest BCUT2D eigenvalue weighted by Gasteiger charge is -2.36. The SMILES string of the molecule is CCCC[Si](NC1CCCCC1)(OCCC)OCCC. The van der Waals surface area contributed by atoms with Crippen LogP contribution in [0.4, 0.5) is 0 Å². The second kappa shape index (κ2) is 10.8. The smallest absolute Gasteiger partial charge is 0.383 e. The van der Waals surface area contributed by atoms with Crippen LogP contribution in [-0.2, 0) is 8.85 Å². The largest absolute Gasteiger partial charge is 0.425 e. The first-order valence-electron chi connectivity index (χ1n) is 8.82. The fourth-order valence-corrected chi connectivity index (χ4v) is 6.32. The predicted octanol–water partition coefficient (Wildman–Crippen LogP) is 4.50. The Morgan fingerprint density at radius 1 is 0.900 bits per heavy atom. The molecule has 1 aliphatic rings. The Kier molecular flexibility index (Phi) is 9.77. The molecule has 0 aliphatic heterocycles. The monoisotopic (exact) mass is 301 g/mol. The summed E-state index contributed by atoms with van der Waals surface area (Å²) in [6.45, 7) is 8.27. The highest BCUT2D eigenvalue weighted by Gasteiger charge is 2.40. The lowest BCUT2D eigenvalue weighted by atomic mass is 9.96. The second-order valence-corrected chi connectivity index (χ2v) is 8.90. The van der Waals surface area contributed by atoms with Crippen molar-refractivity contribution >= 4 is 8.72 Å². The van der Waals surface area contributed by atoms with Gasteiger partial charge in [0.2, 0.25) is 0 Å². The van der Waals surface area contributed by atoms with Gasteiger partial charge in [0.1, 0.15) is 0 Å². The van der Waals surface area contributed by atoms with Gasteiger partial charge in [-0.1, -0.05) is 52.9 Å². The summed E-state index contributed by atoms with van der Waals surface area (Å²) in [5.41, 5.74) is 0. The van der Waals surface area contributed by atoms with Crippen molar-refractivity contribution in [1.29, 1.82) is 0 Å². The highest BCUT2D eigenvalue weighted by atomic mass is 28.4. The Balaban J connectivity index is 2.64. The van der Waals surface area contributed by atoms with Crippen LogP contribution >= 0.6 is 0 Å². The van der Waals surface area contributed by atoms with Gasteiger partial charge in [-0.15, -0.1) is 0 Å². The van der Waals surface area contributed by atoms with Crippen LogP contribution in [-0.4, -0.2) is 28.0 Å². The second-order valence-electron chi connectivity index (χ2n) is 6.03. The quantitative estimate of drug-likeness (QED) is 0.570. The molecule has 0 atom stereocenters. The van der Waals surface area contributed by atoms with E-state index in [1.54, 1.807) is 0 Å². The topological polar surface area (TPSA) is 30.5 Å². The van der Waals surface area contributed by atoms with Crippen LogP contribution in [0.3, 0.4) is 0 Å². The maximum absolute atomic E-state index is 6.29. The predicted molar refractivity (Wildman–Crippen MR) is 88.0 cm³/mol. The molecule has 0 unspecified atom stereocenters. The zero-order valence-corrected chi connectivity index (χ0v) is 14.9. The Labute approximate surface area is 127 Å². The zero-order chi connectivity index (χ0) is 14.7. The third-order valence-electron chi connectivity index (χ3n) is 3.97. The molecule has 4 heteroatoms. The third-order valence-corrected chi connectivity index (χ3v) is 7.17. The molecule has 20 heavy (non-hydrogen) atoms. The highest BCUT2D eigenvalue weighted by Crippen LogP contribution is 2.23. The van der Waals surface area contributed by atoms with Crippen molar-refractivity contribution in [3.8, 4) is 0 Å². The van der Waals surface area contributed by atoms with Gasteiger partial charge in [0, 0.05) is 25.3 Å². The standard InChI is InChI=1S/C16H35NO2Si/c1-4-7-15-20(18-13-5-2,19-14-6-3)17-16-11-9-8-10-12-16/h16-17H,4-15H2,1-3H3. The summed E-state index contributed by atoms with van der Waals surface area (Å²) in [5, 5.41) is 0. The molecule has 120 valence electrons. The number of unbranched alkanes of at least 4 members (excludes halogenated alkanes) is 1. The van der Waals surface area contributed by atoms with Crippen molar-refractivity contribution in [2.45, 2.75) is 90.6 Å². The number of hydrogen-bond donors (Lipinski definition) is 1. The van der Waals surface area contributed by atoms with E-state index in [9.17, 15) is 0 Å². The van der Waals surface area contributed by atoms with Gasteiger partial charge in [-0.2, -0.15) is 0 Å². The van der Waals surface area contributed by atoms with Crippen molar-refractivity contribution in [3.63, 3.8) is 0 Å². The van der Waals surface area contributed by atoms with E-state index in [2.05, 4.69) is 25.8 Å². The van der Waals surface area contributed by atoms with E-state index in [1.807, 2.05) is 0 Å². The fraction of sp³-hybridized carbons (Fsp3) is 1.00. The molecule has 0 spiro atoms. The number of nitrogens with one attached hydrogen (secondary N) is 1. The van der Waals surface area contributed by atoms with Crippen molar-refractivity contribution < 1.29 is 8.85 Å². The maximum atomic E-state index is 6.29. The van der Waals surface area contributed by atoms with E-state index in [0.717, 1.165) is 32.1 Å². The van der Waals surface area contributed by atoms with Crippen LogP contribution in [0.5, 0.6) is 0 Å². The molecule has 1 N–H and O–H groups in total. The summed E-state index contributed by atoms with van der Waals surface area (Å²) in [6.07, 6.45) is 11.3. The van der Waals surface area contributed by atoms with E-state index in [-0.39, 0.29) is 0 Å². The zero-order valence-electron chi connectivity index (χ0n) is 13.9. The van der Waals surface area contributed by atoms with E-state index in [1.165, 1.54) is 44.9 Å². The van der Waals surface area contributed by atoms with Crippen molar-refractivity contribution in [1.82, 2.24) is 4.98 Å². The summed E-state index contributed by atoms with van der Waals surface area (Å²) in [6, 6.07) is 1.72. The van der Waals surface area contributed by atoms with Gasteiger partial charge in [-0.05, 0) is 25.7 Å². The van der Waals surface area contributed by atoms with Crippen molar-refractivity contribution in [2.24, 2.45) is 0 Å². The van der Waals surface area contributed by atoms with Gasteiger partial charge in [-0.25, -0.2) is 0 Å². The first-order chi connectivity index (χ1) is 9.76. The molecule has 0 aromatic heterocycles. The summed E-state index contributed by atoms with van der Waals surface area (Å²) in [5.74, 6) is 0. The average Bonchev–Trinajstić information content (AvgIpc) is 2.49. The Morgan fingerprint density at radius 2 is 1.50 bits per heavy atom. The molecule has 0 aromatic carbocycles. The molecule has 1 aliphatic carbocycles. The van der Waals surface area contributed by atoms with Crippen LogP contribution in [0.1, 0.15) is 78.6 Å². The maximum Gasteiger partial charge on any atom is 0.425 e. The minimum Gasteiger partial charge on any atom is -0.383 e. The van der Waals surface area contributed by atoms with Crippen LogP contribution in [0.25, 0.3) is 0 Å². The minimum atomic E-state index is -2.20. The molecule has 0 bridgehead atoms. The molecule has 1 saturated carbocycles. The van der Waals surface area contributed by atoms with Crippen LogP contribution in [0, 0.1) is 0 Å². The average molecular weight is 302 g/mol. The van der Waals surface area contributed by atoms with E-state index >= 15 is 0 Å². The summed E-state index contributed by atoms with van der Waals surface area (Å²) >= 11 is 0. The Hall–Kier alpha value is 0.0969. The first-order valence-corrected chi connectivity index (χ1v) is 10.8. The summed E-state index contributed by atoms with van der Waals surface area (Å²) in [7, 11) is -2.20. The van der Waals surface area contributed by atoms with Crippen molar-refractivity contribution in [3.05, 3.63) is 0 Å². The number of hydrogen-bond acceptors (Lipinski definition) is 3. The molecule has 0 heterocycles. The van der Waals surface area contributed by atoms with E-state index in [0.29, 0.717) is 6.04 Å².